The number of aromatic amines is 1. The van der Waals surface area contributed by atoms with Crippen molar-refractivity contribution in [1.82, 2.24) is 24.7 Å². The molecule has 0 atom stereocenters. The standard InChI is InChI=1S/C12H11N5O/c1-7-9-10(17(2)16-7)12(18)15-11(14-9)8-3-5-13-6-4-8/h3-6H,1-2H3,(H,14,15,18). The zero-order valence-electron chi connectivity index (χ0n) is 10.0. The number of H-pyrrole nitrogens is 1. The predicted octanol–water partition coefficient (Wildman–Crippen LogP) is 1.03. The predicted molar refractivity (Wildman–Crippen MR) is 67.1 cm³/mol. The molecule has 3 heterocycles. The van der Waals surface area contributed by atoms with Crippen LogP contribution in [0, 0.1) is 6.92 Å². The summed E-state index contributed by atoms with van der Waals surface area (Å²) in [5, 5.41) is 4.22. The Morgan fingerprint density at radius 1 is 1.28 bits per heavy atom. The van der Waals surface area contributed by atoms with Crippen molar-refractivity contribution < 1.29 is 0 Å². The molecule has 0 aliphatic heterocycles. The highest BCUT2D eigenvalue weighted by molar-refractivity contribution is 5.78. The molecule has 0 aliphatic carbocycles. The summed E-state index contributed by atoms with van der Waals surface area (Å²) in [5.74, 6) is 0.533. The Hall–Kier alpha value is -2.50. The van der Waals surface area contributed by atoms with E-state index in [1.54, 1.807) is 36.3 Å². The van der Waals surface area contributed by atoms with E-state index in [0.717, 1.165) is 16.8 Å². The first kappa shape index (κ1) is 10.6. The van der Waals surface area contributed by atoms with Gasteiger partial charge in [-0.15, -0.1) is 0 Å². The van der Waals surface area contributed by atoms with Gasteiger partial charge >= 0.3 is 0 Å². The largest absolute Gasteiger partial charge is 0.336 e. The molecule has 0 saturated carbocycles. The van der Waals surface area contributed by atoms with Gasteiger partial charge in [0.25, 0.3) is 5.56 Å². The summed E-state index contributed by atoms with van der Waals surface area (Å²) in [4.78, 5) is 23.1. The fourth-order valence-electron chi connectivity index (χ4n) is 2.00. The lowest BCUT2D eigenvalue weighted by Crippen LogP contribution is -2.12. The maximum absolute atomic E-state index is 12.0. The van der Waals surface area contributed by atoms with Gasteiger partial charge in [-0.2, -0.15) is 10.1 Å². The lowest BCUT2D eigenvalue weighted by Gasteiger charge is -2.00. The van der Waals surface area contributed by atoms with Crippen molar-refractivity contribution in [2.24, 2.45) is 7.05 Å². The molecule has 0 spiro atoms. The van der Waals surface area contributed by atoms with E-state index in [9.17, 15) is 4.79 Å². The minimum Gasteiger partial charge on any atom is -0.336 e. The first-order valence-electron chi connectivity index (χ1n) is 5.51. The number of nitrogens with zero attached hydrogens (tertiary/aromatic N) is 4. The third kappa shape index (κ3) is 1.50. The van der Waals surface area contributed by atoms with Crippen molar-refractivity contribution >= 4 is 11.0 Å². The summed E-state index contributed by atoms with van der Waals surface area (Å²) in [5.41, 5.74) is 2.54. The van der Waals surface area contributed by atoms with E-state index in [1.807, 2.05) is 6.92 Å². The monoisotopic (exact) mass is 241 g/mol. The Kier molecular flexibility index (Phi) is 2.22. The van der Waals surface area contributed by atoms with Crippen LogP contribution in [-0.2, 0) is 7.05 Å². The van der Waals surface area contributed by atoms with Crippen LogP contribution in [0.2, 0.25) is 0 Å². The van der Waals surface area contributed by atoms with E-state index in [0.29, 0.717) is 11.3 Å². The third-order valence-corrected chi connectivity index (χ3v) is 2.84. The zero-order valence-corrected chi connectivity index (χ0v) is 10.0. The van der Waals surface area contributed by atoms with Crippen molar-refractivity contribution in [2.45, 2.75) is 6.92 Å². The number of hydrogen-bond acceptors (Lipinski definition) is 4. The van der Waals surface area contributed by atoms with Crippen LogP contribution in [0.3, 0.4) is 0 Å². The number of rotatable bonds is 1. The number of hydrogen-bond donors (Lipinski definition) is 1. The molecular formula is C12H11N5O. The quantitative estimate of drug-likeness (QED) is 0.690. The summed E-state index contributed by atoms with van der Waals surface area (Å²) in [6.07, 6.45) is 3.32. The first-order chi connectivity index (χ1) is 8.66. The molecule has 3 aromatic rings. The normalized spacial score (nSPS) is 11.0. The molecule has 6 heteroatoms. The molecule has 3 aromatic heterocycles. The van der Waals surface area contributed by atoms with Crippen LogP contribution in [0.15, 0.2) is 29.3 Å². The van der Waals surface area contributed by atoms with Gasteiger partial charge in [0.2, 0.25) is 0 Å². The van der Waals surface area contributed by atoms with Crippen molar-refractivity contribution in [1.29, 1.82) is 0 Å². The molecule has 0 radical (unpaired) electrons. The second-order valence-corrected chi connectivity index (χ2v) is 4.06. The van der Waals surface area contributed by atoms with Gasteiger partial charge in [-0.25, -0.2) is 0 Å². The zero-order chi connectivity index (χ0) is 12.7. The average Bonchev–Trinajstić information content (AvgIpc) is 2.66. The molecule has 0 amide bonds. The van der Waals surface area contributed by atoms with Gasteiger partial charge in [0.1, 0.15) is 5.82 Å². The Labute approximate surface area is 102 Å². The molecule has 0 saturated heterocycles. The Morgan fingerprint density at radius 3 is 2.72 bits per heavy atom. The molecule has 0 aromatic carbocycles. The molecule has 1 N–H and O–H groups in total. The van der Waals surface area contributed by atoms with Crippen molar-refractivity contribution in [3.8, 4) is 11.4 Å². The van der Waals surface area contributed by atoms with E-state index in [1.165, 1.54) is 0 Å². The minimum atomic E-state index is -0.279. The van der Waals surface area contributed by atoms with Crippen molar-refractivity contribution in [3.63, 3.8) is 0 Å². The van der Waals surface area contributed by atoms with Crippen LogP contribution in [0.25, 0.3) is 22.4 Å². The van der Waals surface area contributed by atoms with Gasteiger partial charge in [-0.05, 0) is 19.1 Å². The fourth-order valence-corrected chi connectivity index (χ4v) is 2.00. The van der Waals surface area contributed by atoms with Crippen molar-refractivity contribution in [2.75, 3.05) is 0 Å². The van der Waals surface area contributed by atoms with Crippen LogP contribution < -0.4 is 5.56 Å². The van der Waals surface area contributed by atoms with E-state index >= 15 is 0 Å². The van der Waals surface area contributed by atoms with E-state index in [-0.39, 0.29) is 5.56 Å². The van der Waals surface area contributed by atoms with Crippen LogP contribution in [0.1, 0.15) is 5.69 Å². The molecule has 90 valence electrons. The van der Waals surface area contributed by atoms with E-state index in [2.05, 4.69) is 20.1 Å². The van der Waals surface area contributed by atoms with Gasteiger partial charge < -0.3 is 4.98 Å². The second-order valence-electron chi connectivity index (χ2n) is 4.06. The van der Waals surface area contributed by atoms with Crippen molar-refractivity contribution in [3.05, 3.63) is 40.6 Å². The maximum Gasteiger partial charge on any atom is 0.299 e. The van der Waals surface area contributed by atoms with Gasteiger partial charge in [-0.1, -0.05) is 0 Å². The molecule has 6 nitrogen and oxygen atoms in total. The van der Waals surface area contributed by atoms with Crippen LogP contribution in [0.4, 0.5) is 0 Å². The Morgan fingerprint density at radius 2 is 2.00 bits per heavy atom. The fraction of sp³-hybridized carbons (Fsp3) is 0.167. The number of fused-ring (bicyclic) bond motifs is 1. The molecular weight excluding hydrogens is 230 g/mol. The molecule has 0 aliphatic rings. The number of aromatic nitrogens is 5. The number of aryl methyl sites for hydroxylation is 2. The number of nitrogens with one attached hydrogen (secondary N) is 1. The minimum absolute atomic E-state index is 0.279. The summed E-state index contributed by atoms with van der Waals surface area (Å²) in [6.45, 7) is 1.86. The highest BCUT2D eigenvalue weighted by Crippen LogP contribution is 2.16. The van der Waals surface area contributed by atoms with E-state index < -0.39 is 0 Å². The summed E-state index contributed by atoms with van der Waals surface area (Å²) in [7, 11) is 1.73. The van der Waals surface area contributed by atoms with Crippen LogP contribution in [0.5, 0.6) is 0 Å². The summed E-state index contributed by atoms with van der Waals surface area (Å²) in [6, 6.07) is 3.60. The summed E-state index contributed by atoms with van der Waals surface area (Å²) >= 11 is 0. The topological polar surface area (TPSA) is 76.5 Å². The second kappa shape index (κ2) is 3.76. The molecule has 0 fully saturated rings. The lowest BCUT2D eigenvalue weighted by molar-refractivity contribution is 0.779. The van der Waals surface area contributed by atoms with Crippen LogP contribution in [-0.4, -0.2) is 24.7 Å². The van der Waals surface area contributed by atoms with Gasteiger partial charge in [0, 0.05) is 25.0 Å². The summed E-state index contributed by atoms with van der Waals surface area (Å²) < 4.78 is 1.55. The van der Waals surface area contributed by atoms with Gasteiger partial charge in [0.15, 0.2) is 5.52 Å². The smallest absolute Gasteiger partial charge is 0.299 e. The van der Waals surface area contributed by atoms with Crippen LogP contribution >= 0.6 is 0 Å². The Balaban J connectivity index is 2.35. The lowest BCUT2D eigenvalue weighted by atomic mass is 10.2. The van der Waals surface area contributed by atoms with Gasteiger partial charge in [-0.3, -0.25) is 14.5 Å². The highest BCUT2D eigenvalue weighted by atomic mass is 16.1. The average molecular weight is 241 g/mol. The number of pyridine rings is 1. The SMILES string of the molecule is Cc1nn(C)c2c(=O)nc(-c3ccncc3)[nH]c12. The first-order valence-corrected chi connectivity index (χ1v) is 5.51. The highest BCUT2D eigenvalue weighted by Gasteiger charge is 2.12. The Bertz CT molecular complexity index is 772. The molecule has 18 heavy (non-hydrogen) atoms. The maximum atomic E-state index is 12.0. The molecule has 3 rings (SSSR count). The third-order valence-electron chi connectivity index (χ3n) is 2.84. The van der Waals surface area contributed by atoms with Gasteiger partial charge in [0.05, 0.1) is 11.2 Å². The van der Waals surface area contributed by atoms with E-state index in [4.69, 9.17) is 0 Å². The molecule has 0 unspecified atom stereocenters. The molecule has 0 bridgehead atoms.